The molecule has 1 saturated heterocycles. The first kappa shape index (κ1) is 57.8. The summed E-state index contributed by atoms with van der Waals surface area (Å²) < 4.78 is 290. The van der Waals surface area contributed by atoms with Gasteiger partial charge in [-0.3, -0.25) is 14.7 Å². The molecule has 15 nitrogen and oxygen atoms in total. The standard InChI is InChI=1S/C27H28F17N5O7S.C3H8O3S/c28-20(29,22(32,33)24(36,37)26(40,41)42)21(30,31)23(34,35)25(38,39)27(43,44)57(54,55)48-10-11-49(18(45)52)16(12-48)47-15(17(50)51)8-4-5-9-46-19(53)56-13-14-6-2-1-3-7-14;1-2-3-7(4,5)6/h1-3,6-7,15-16,47H,4-5,8-13H2,(H2,45,52)(H,46,53)(H,50,51);2-3H2,1H3,(H,4,5,6)/t15-,16?;/m0./s1. The van der Waals surface area contributed by atoms with E-state index in [-0.39, 0.29) is 36.6 Å². The minimum absolute atomic E-state index is 0.0322. The van der Waals surface area contributed by atoms with Gasteiger partial charge in [0.25, 0.3) is 20.1 Å². The number of carboxylic acid groups (broad SMARTS) is 1. The second-order valence-electron chi connectivity index (χ2n) is 13.2. The van der Waals surface area contributed by atoms with Crippen molar-refractivity contribution in [1.82, 2.24) is 19.8 Å². The zero-order valence-corrected chi connectivity index (χ0v) is 33.6. The summed E-state index contributed by atoms with van der Waals surface area (Å²) in [5.74, 6) is -54.7. The van der Waals surface area contributed by atoms with Gasteiger partial charge in [0, 0.05) is 26.2 Å². The number of halogens is 17. The van der Waals surface area contributed by atoms with E-state index in [0.717, 1.165) is 0 Å². The minimum atomic E-state index is -9.03. The number of nitrogens with two attached hydrogens (primary N) is 1. The summed E-state index contributed by atoms with van der Waals surface area (Å²) in [5, 5.41) is 6.02. The maximum atomic E-state index is 14.9. The van der Waals surface area contributed by atoms with Gasteiger partial charge in [-0.2, -0.15) is 87.4 Å². The number of hydrogen-bond acceptors (Lipinski definition) is 9. The highest BCUT2D eigenvalue weighted by Gasteiger charge is 2.96. The number of carboxylic acids is 1. The van der Waals surface area contributed by atoms with E-state index in [1.807, 2.05) is 5.32 Å². The molecule has 2 rings (SSSR count). The first-order valence-corrected chi connectivity index (χ1v) is 20.3. The lowest BCUT2D eigenvalue weighted by molar-refractivity contribution is -0.458. The van der Waals surface area contributed by atoms with Crippen LogP contribution in [-0.2, 0) is 36.3 Å². The lowest BCUT2D eigenvalue weighted by Crippen LogP contribution is -2.75. The first-order chi connectivity index (χ1) is 28.6. The summed E-state index contributed by atoms with van der Waals surface area (Å²) in [6, 6.07) is 4.69. The van der Waals surface area contributed by atoms with E-state index < -0.39 is 128 Å². The maximum Gasteiger partial charge on any atom is 0.460 e. The Bertz CT molecular complexity index is 1980. The number of sulfonamides is 1. The summed E-state index contributed by atoms with van der Waals surface area (Å²) >= 11 is 0. The molecule has 1 aromatic rings. The summed E-state index contributed by atoms with van der Waals surface area (Å²) in [7, 11) is -11.4. The average Bonchev–Trinajstić information content (AvgIpc) is 3.15. The zero-order chi connectivity index (χ0) is 50.3. The lowest BCUT2D eigenvalue weighted by Gasteiger charge is -2.44. The Morgan fingerprint density at radius 3 is 1.69 bits per heavy atom. The lowest BCUT2D eigenvalue weighted by atomic mass is 9.91. The van der Waals surface area contributed by atoms with Gasteiger partial charge in [-0.15, -0.1) is 0 Å². The summed E-state index contributed by atoms with van der Waals surface area (Å²) in [6.45, 7) is -3.55. The number of nitrogens with one attached hydrogen (secondary N) is 2. The van der Waals surface area contributed by atoms with Gasteiger partial charge in [0.05, 0.1) is 11.9 Å². The number of primary amides is 1. The molecule has 1 fully saturated rings. The highest BCUT2D eigenvalue weighted by Crippen LogP contribution is 2.64. The number of amides is 3. The van der Waals surface area contributed by atoms with Gasteiger partial charge < -0.3 is 25.8 Å². The molecule has 3 amide bonds. The smallest absolute Gasteiger partial charge is 0.460 e. The number of unbranched alkanes of at least 4 members (excludes halogenated alkanes) is 1. The Morgan fingerprint density at radius 2 is 1.27 bits per heavy atom. The average molecular weight is 1010 g/mol. The number of piperazine rings is 1. The quantitative estimate of drug-likeness (QED) is 0.0603. The Kier molecular flexibility index (Phi) is 18.6. The van der Waals surface area contributed by atoms with Crippen molar-refractivity contribution < 1.29 is 120 Å². The molecule has 0 saturated carbocycles. The number of carbonyl (C=O) groups excluding carboxylic acids is 2. The number of urea groups is 1. The number of carbonyl (C=O) groups is 3. The van der Waals surface area contributed by atoms with Crippen LogP contribution in [-0.4, -0.2) is 145 Å². The molecular weight excluding hydrogens is 977 g/mol. The number of nitrogens with zero attached hydrogens (tertiary/aromatic N) is 2. The molecule has 1 aromatic carbocycles. The molecule has 64 heavy (non-hydrogen) atoms. The molecule has 0 aromatic heterocycles. The van der Waals surface area contributed by atoms with Crippen molar-refractivity contribution in [3.05, 3.63) is 35.9 Å². The second-order valence-corrected chi connectivity index (χ2v) is 16.8. The van der Waals surface area contributed by atoms with Crippen molar-refractivity contribution in [2.75, 3.05) is 31.9 Å². The molecule has 0 bridgehead atoms. The Hall–Kier alpha value is -4.18. The van der Waals surface area contributed by atoms with E-state index in [1.54, 1.807) is 37.3 Å². The highest BCUT2D eigenvalue weighted by molar-refractivity contribution is 7.90. The van der Waals surface area contributed by atoms with Crippen LogP contribution in [0.15, 0.2) is 30.3 Å². The number of ether oxygens (including phenoxy) is 1. The van der Waals surface area contributed by atoms with Gasteiger partial charge in [-0.25, -0.2) is 18.0 Å². The molecule has 6 N–H and O–H groups in total. The molecule has 1 unspecified atom stereocenters. The minimum Gasteiger partial charge on any atom is -0.480 e. The van der Waals surface area contributed by atoms with E-state index in [4.69, 9.17) is 15.0 Å². The van der Waals surface area contributed by atoms with Gasteiger partial charge in [-0.1, -0.05) is 37.3 Å². The number of aliphatic carboxylic acids is 1. The van der Waals surface area contributed by atoms with E-state index in [0.29, 0.717) is 12.0 Å². The van der Waals surface area contributed by atoms with Crippen LogP contribution < -0.4 is 16.4 Å². The fourth-order valence-electron chi connectivity index (χ4n) is 5.06. The van der Waals surface area contributed by atoms with E-state index in [1.165, 1.54) is 0 Å². The Labute approximate surface area is 350 Å². The zero-order valence-electron chi connectivity index (χ0n) is 32.0. The fraction of sp³-hybridized carbons (Fsp3) is 0.700. The number of alkyl halides is 17. The third-order valence-corrected chi connectivity index (χ3v) is 11.4. The van der Waals surface area contributed by atoms with Crippen LogP contribution in [0.4, 0.5) is 84.2 Å². The van der Waals surface area contributed by atoms with Crippen LogP contribution in [0.1, 0.15) is 38.2 Å². The molecule has 1 aliphatic rings. The SMILES string of the molecule is CCCS(=O)(=O)O.NC(=O)N1CCN(S(=O)(=O)C(F)(F)C(F)(F)C(F)(F)C(F)(F)C(F)(F)C(F)(F)C(F)(F)C(F)(F)F)CC1N[C@@H](CCCCNC(=O)OCc1ccccc1)C(=O)O. The topological polar surface area (TPSA) is 226 Å². The Balaban J connectivity index is 0.00000269. The van der Waals surface area contributed by atoms with Crippen LogP contribution in [0.2, 0.25) is 0 Å². The van der Waals surface area contributed by atoms with Crippen LogP contribution in [0.25, 0.3) is 0 Å². The monoisotopic (exact) mass is 1010 g/mol. The molecular formula is C30H36F17N5O10S2. The predicted octanol–water partition coefficient (Wildman–Crippen LogP) is 5.73. The highest BCUT2D eigenvalue weighted by atomic mass is 32.2. The number of alkyl carbamates (subject to hydrolysis) is 1. The predicted molar refractivity (Wildman–Crippen MR) is 181 cm³/mol. The van der Waals surface area contributed by atoms with Gasteiger partial charge in [0.2, 0.25) is 0 Å². The Morgan fingerprint density at radius 1 is 0.781 bits per heavy atom. The molecule has 0 radical (unpaired) electrons. The normalized spacial score (nSPS) is 17.2. The van der Waals surface area contributed by atoms with Crippen molar-refractivity contribution in [2.24, 2.45) is 5.73 Å². The van der Waals surface area contributed by atoms with Gasteiger partial charge >= 0.3 is 65.1 Å². The van der Waals surface area contributed by atoms with E-state index in [9.17, 15) is 111 Å². The molecule has 1 heterocycles. The molecule has 0 spiro atoms. The summed E-state index contributed by atoms with van der Waals surface area (Å²) in [6.07, 6.45) is -11.4. The van der Waals surface area contributed by atoms with Crippen molar-refractivity contribution >= 4 is 38.2 Å². The van der Waals surface area contributed by atoms with Crippen molar-refractivity contribution in [3.63, 3.8) is 0 Å². The van der Waals surface area contributed by atoms with Gasteiger partial charge in [0.15, 0.2) is 0 Å². The third kappa shape index (κ3) is 12.2. The number of rotatable bonds is 20. The third-order valence-electron chi connectivity index (χ3n) is 8.54. The largest absolute Gasteiger partial charge is 0.480 e. The fourth-order valence-corrected chi connectivity index (χ4v) is 7.01. The second kappa shape index (κ2) is 20.6. The number of benzene rings is 1. The molecule has 1 aliphatic heterocycles. The van der Waals surface area contributed by atoms with Crippen molar-refractivity contribution in [1.29, 1.82) is 0 Å². The molecule has 34 heteroatoms. The number of hydrogen-bond donors (Lipinski definition) is 5. The molecule has 372 valence electrons. The van der Waals surface area contributed by atoms with Crippen molar-refractivity contribution in [3.8, 4) is 0 Å². The molecule has 2 atom stereocenters. The first-order valence-electron chi connectivity index (χ1n) is 17.3. The van der Waals surface area contributed by atoms with E-state index in [2.05, 4.69) is 5.32 Å². The van der Waals surface area contributed by atoms with Crippen LogP contribution in [0.5, 0.6) is 0 Å². The summed E-state index contributed by atoms with van der Waals surface area (Å²) in [5.41, 5.74) is 5.67. The molecule has 0 aliphatic carbocycles. The van der Waals surface area contributed by atoms with Crippen LogP contribution in [0.3, 0.4) is 0 Å². The van der Waals surface area contributed by atoms with Crippen LogP contribution >= 0.6 is 0 Å². The summed E-state index contributed by atoms with van der Waals surface area (Å²) in [4.78, 5) is 35.9. The maximum absolute atomic E-state index is 14.9. The van der Waals surface area contributed by atoms with E-state index >= 15 is 0 Å². The van der Waals surface area contributed by atoms with Crippen LogP contribution in [0, 0.1) is 0 Å². The van der Waals surface area contributed by atoms with Gasteiger partial charge in [-0.05, 0) is 31.2 Å². The van der Waals surface area contributed by atoms with Gasteiger partial charge in [0.1, 0.15) is 12.6 Å². The van der Waals surface area contributed by atoms with Crippen molar-refractivity contribution in [2.45, 2.75) is 98.4 Å².